The number of rotatable bonds is 2. The van der Waals surface area contributed by atoms with E-state index in [2.05, 4.69) is 12.0 Å². The van der Waals surface area contributed by atoms with Crippen molar-refractivity contribution < 1.29 is 0 Å². The van der Waals surface area contributed by atoms with Crippen LogP contribution in [0, 0.1) is 6.92 Å². The quantitative estimate of drug-likeness (QED) is 0.852. The van der Waals surface area contributed by atoms with E-state index < -0.39 is 0 Å². The Balaban J connectivity index is 2.68. The Morgan fingerprint density at radius 3 is 2.76 bits per heavy atom. The average molecular weight is 229 g/mol. The molecule has 0 aliphatic rings. The summed E-state index contributed by atoms with van der Waals surface area (Å²) in [6.45, 7) is 3.93. The van der Waals surface area contributed by atoms with E-state index in [4.69, 9.17) is 5.73 Å². The second-order valence-electron chi connectivity index (χ2n) is 3.93. The molecule has 0 unspecified atom stereocenters. The molecule has 1 aromatic carbocycles. The lowest BCUT2D eigenvalue weighted by Gasteiger charge is -2.13. The smallest absolute Gasteiger partial charge is 0.224 e. The van der Waals surface area contributed by atoms with Crippen molar-refractivity contribution in [3.05, 3.63) is 51.8 Å². The summed E-state index contributed by atoms with van der Waals surface area (Å²) in [5.74, 6) is 0.0292. The van der Waals surface area contributed by atoms with Crippen LogP contribution >= 0.6 is 0 Å². The van der Waals surface area contributed by atoms with Gasteiger partial charge in [0.25, 0.3) is 0 Å². The van der Waals surface area contributed by atoms with Gasteiger partial charge in [-0.25, -0.2) is 4.68 Å². The van der Waals surface area contributed by atoms with Gasteiger partial charge in [0.15, 0.2) is 5.82 Å². The van der Waals surface area contributed by atoms with Crippen molar-refractivity contribution in [1.82, 2.24) is 9.78 Å². The normalized spacial score (nSPS) is 10.5. The molecule has 2 aromatic rings. The monoisotopic (exact) mass is 229 g/mol. The molecule has 4 nitrogen and oxygen atoms in total. The number of nitrogen functional groups attached to an aromatic ring is 1. The van der Waals surface area contributed by atoms with Crippen molar-refractivity contribution in [2.45, 2.75) is 20.3 Å². The molecular weight excluding hydrogens is 214 g/mol. The zero-order valence-corrected chi connectivity index (χ0v) is 9.97. The number of hydrogen-bond donors (Lipinski definition) is 1. The SMILES string of the molecule is CCc1ccccc1-n1nc(N)c(=O)cc1C. The van der Waals surface area contributed by atoms with Gasteiger partial charge in [-0.3, -0.25) is 4.79 Å². The first kappa shape index (κ1) is 11.4. The minimum absolute atomic E-state index is 0.0292. The fourth-order valence-corrected chi connectivity index (χ4v) is 1.82. The van der Waals surface area contributed by atoms with E-state index in [1.54, 1.807) is 4.68 Å². The van der Waals surface area contributed by atoms with Crippen LogP contribution in [0.1, 0.15) is 18.2 Å². The molecule has 0 aliphatic heterocycles. The molecule has 1 heterocycles. The largest absolute Gasteiger partial charge is 0.379 e. The molecule has 0 atom stereocenters. The molecule has 0 aliphatic carbocycles. The molecule has 0 saturated heterocycles. The van der Waals surface area contributed by atoms with Crippen LogP contribution < -0.4 is 11.2 Å². The average Bonchev–Trinajstić information content (AvgIpc) is 2.34. The van der Waals surface area contributed by atoms with Crippen LogP contribution in [0.4, 0.5) is 5.82 Å². The first-order valence-corrected chi connectivity index (χ1v) is 5.58. The molecule has 2 N–H and O–H groups in total. The van der Waals surface area contributed by atoms with Crippen LogP contribution in [0.3, 0.4) is 0 Å². The lowest BCUT2D eigenvalue weighted by atomic mass is 10.1. The first-order valence-electron chi connectivity index (χ1n) is 5.58. The maximum atomic E-state index is 11.4. The summed E-state index contributed by atoms with van der Waals surface area (Å²) in [7, 11) is 0. The maximum Gasteiger partial charge on any atom is 0.224 e. The number of nitrogens with two attached hydrogens (primary N) is 1. The maximum absolute atomic E-state index is 11.4. The molecule has 0 amide bonds. The number of nitrogens with zero attached hydrogens (tertiary/aromatic N) is 2. The van der Waals surface area contributed by atoms with Crippen molar-refractivity contribution in [3.63, 3.8) is 0 Å². The van der Waals surface area contributed by atoms with Gasteiger partial charge in [0.05, 0.1) is 5.69 Å². The zero-order chi connectivity index (χ0) is 12.4. The van der Waals surface area contributed by atoms with Crippen LogP contribution in [0.15, 0.2) is 35.1 Å². The Kier molecular flexibility index (Phi) is 2.95. The highest BCUT2D eigenvalue weighted by Gasteiger charge is 2.07. The summed E-state index contributed by atoms with van der Waals surface area (Å²) in [6.07, 6.45) is 0.906. The standard InChI is InChI=1S/C13H15N3O/c1-3-10-6-4-5-7-11(10)16-9(2)8-12(17)13(14)15-16/h4-8H,3H2,1-2H3,(H2,14,15). The molecule has 0 spiro atoms. The van der Waals surface area contributed by atoms with Gasteiger partial charge in [0.1, 0.15) is 0 Å². The minimum Gasteiger partial charge on any atom is -0.379 e. The number of para-hydroxylation sites is 1. The lowest BCUT2D eigenvalue weighted by molar-refractivity contribution is 0.796. The minimum atomic E-state index is -0.229. The highest BCUT2D eigenvalue weighted by atomic mass is 16.1. The van der Waals surface area contributed by atoms with E-state index in [0.29, 0.717) is 0 Å². The molecule has 4 heteroatoms. The molecule has 88 valence electrons. The Morgan fingerprint density at radius 2 is 2.06 bits per heavy atom. The van der Waals surface area contributed by atoms with Gasteiger partial charge in [-0.1, -0.05) is 25.1 Å². The van der Waals surface area contributed by atoms with Crippen molar-refractivity contribution in [1.29, 1.82) is 0 Å². The van der Waals surface area contributed by atoms with Crippen LogP contribution in [0.2, 0.25) is 0 Å². The number of anilines is 1. The van der Waals surface area contributed by atoms with Gasteiger partial charge >= 0.3 is 0 Å². The summed E-state index contributed by atoms with van der Waals surface area (Å²) in [4.78, 5) is 11.4. The summed E-state index contributed by atoms with van der Waals surface area (Å²) < 4.78 is 1.72. The van der Waals surface area contributed by atoms with Crippen molar-refractivity contribution in [2.75, 3.05) is 5.73 Å². The Labute approximate surface area is 99.7 Å². The predicted octanol–water partition coefficient (Wildman–Crippen LogP) is 1.69. The van der Waals surface area contributed by atoms with Crippen molar-refractivity contribution >= 4 is 5.82 Å². The Hall–Kier alpha value is -2.10. The third kappa shape index (κ3) is 2.06. The van der Waals surface area contributed by atoms with Crippen molar-refractivity contribution in [2.24, 2.45) is 0 Å². The number of hydrogen-bond acceptors (Lipinski definition) is 3. The predicted molar refractivity (Wildman–Crippen MR) is 68.4 cm³/mol. The van der Waals surface area contributed by atoms with E-state index in [0.717, 1.165) is 17.8 Å². The highest BCUT2D eigenvalue weighted by molar-refractivity contribution is 5.42. The van der Waals surface area contributed by atoms with Crippen LogP contribution in [-0.4, -0.2) is 9.78 Å². The van der Waals surface area contributed by atoms with E-state index in [-0.39, 0.29) is 11.2 Å². The zero-order valence-electron chi connectivity index (χ0n) is 9.97. The van der Waals surface area contributed by atoms with Crippen LogP contribution in [-0.2, 0) is 6.42 Å². The molecular formula is C13H15N3O. The fraction of sp³-hybridized carbons (Fsp3) is 0.231. The summed E-state index contributed by atoms with van der Waals surface area (Å²) in [6, 6.07) is 9.47. The molecule has 0 saturated carbocycles. The van der Waals surface area contributed by atoms with E-state index in [1.165, 1.54) is 11.6 Å². The number of aryl methyl sites for hydroxylation is 2. The second-order valence-corrected chi connectivity index (χ2v) is 3.93. The molecule has 17 heavy (non-hydrogen) atoms. The molecule has 2 rings (SSSR count). The first-order chi connectivity index (χ1) is 8.13. The second kappa shape index (κ2) is 4.41. The summed E-state index contributed by atoms with van der Waals surface area (Å²) in [5.41, 5.74) is 8.27. The van der Waals surface area contributed by atoms with E-state index in [9.17, 15) is 4.79 Å². The summed E-state index contributed by atoms with van der Waals surface area (Å²) in [5, 5.41) is 4.13. The Bertz CT molecular complexity index is 602. The van der Waals surface area contributed by atoms with Gasteiger partial charge in [0.2, 0.25) is 5.43 Å². The topological polar surface area (TPSA) is 60.9 Å². The van der Waals surface area contributed by atoms with E-state index in [1.807, 2.05) is 31.2 Å². The number of aromatic nitrogens is 2. The van der Waals surface area contributed by atoms with Crippen LogP contribution in [0.5, 0.6) is 0 Å². The van der Waals surface area contributed by atoms with Crippen molar-refractivity contribution in [3.8, 4) is 5.69 Å². The Morgan fingerprint density at radius 1 is 1.35 bits per heavy atom. The lowest BCUT2D eigenvalue weighted by Crippen LogP contribution is -2.18. The third-order valence-electron chi connectivity index (χ3n) is 2.73. The highest BCUT2D eigenvalue weighted by Crippen LogP contribution is 2.15. The third-order valence-corrected chi connectivity index (χ3v) is 2.73. The molecule has 0 radical (unpaired) electrons. The van der Waals surface area contributed by atoms with Gasteiger partial charge in [-0.2, -0.15) is 0 Å². The van der Waals surface area contributed by atoms with Gasteiger partial charge < -0.3 is 5.73 Å². The van der Waals surface area contributed by atoms with Gasteiger partial charge in [-0.05, 0) is 25.0 Å². The van der Waals surface area contributed by atoms with Gasteiger partial charge in [-0.15, -0.1) is 5.10 Å². The molecule has 0 bridgehead atoms. The number of benzene rings is 1. The van der Waals surface area contributed by atoms with E-state index >= 15 is 0 Å². The summed E-state index contributed by atoms with van der Waals surface area (Å²) >= 11 is 0. The van der Waals surface area contributed by atoms with Crippen LogP contribution in [0.25, 0.3) is 5.69 Å². The molecule has 0 fully saturated rings. The van der Waals surface area contributed by atoms with Gasteiger partial charge in [0, 0.05) is 11.8 Å². The molecule has 1 aromatic heterocycles. The fourth-order valence-electron chi connectivity index (χ4n) is 1.82.